The molecular weight excluding hydrogens is 200 g/mol. The van der Waals surface area contributed by atoms with Gasteiger partial charge in [-0.2, -0.15) is 0 Å². The Hall–Kier alpha value is -0.570. The van der Waals surface area contributed by atoms with Gasteiger partial charge < -0.3 is 9.80 Å². The molecule has 3 heteroatoms. The van der Waals surface area contributed by atoms with Crippen LogP contribution in [0.1, 0.15) is 27.7 Å². The number of carbonyl (C=O) groups is 1. The smallest absolute Gasteiger partial charge is 0.225 e. The third-order valence-corrected chi connectivity index (χ3v) is 3.60. The molecule has 2 saturated heterocycles. The molecule has 0 N–H and O–H groups in total. The van der Waals surface area contributed by atoms with Gasteiger partial charge in [0.15, 0.2) is 0 Å². The highest BCUT2D eigenvalue weighted by molar-refractivity contribution is 5.79. The van der Waals surface area contributed by atoms with Crippen molar-refractivity contribution < 1.29 is 4.79 Å². The minimum Gasteiger partial charge on any atom is -0.341 e. The number of carbonyl (C=O) groups excluding carboxylic acids is 1. The monoisotopic (exact) mass is 224 g/mol. The Morgan fingerprint density at radius 2 is 1.69 bits per heavy atom. The van der Waals surface area contributed by atoms with Crippen molar-refractivity contribution in [3.05, 3.63) is 0 Å². The summed E-state index contributed by atoms with van der Waals surface area (Å²) in [4.78, 5) is 16.3. The molecule has 0 radical (unpaired) electrons. The predicted octanol–water partition coefficient (Wildman–Crippen LogP) is 1.44. The molecular formula is C13H24N2O. The van der Waals surface area contributed by atoms with E-state index in [0.717, 1.165) is 19.0 Å². The second-order valence-electron chi connectivity index (χ2n) is 6.41. The summed E-state index contributed by atoms with van der Waals surface area (Å²) in [6, 6.07) is 0. The highest BCUT2D eigenvalue weighted by atomic mass is 16.2. The van der Waals surface area contributed by atoms with Crippen LogP contribution in [-0.4, -0.2) is 48.4 Å². The van der Waals surface area contributed by atoms with Crippen LogP contribution in [0.25, 0.3) is 0 Å². The summed E-state index contributed by atoms with van der Waals surface area (Å²) < 4.78 is 0. The maximum atomic E-state index is 11.7. The predicted molar refractivity (Wildman–Crippen MR) is 65.1 cm³/mol. The summed E-state index contributed by atoms with van der Waals surface area (Å²) in [6.07, 6.45) is 0. The molecule has 2 rings (SSSR count). The molecule has 0 bridgehead atoms. The van der Waals surface area contributed by atoms with E-state index in [2.05, 4.69) is 18.7 Å². The van der Waals surface area contributed by atoms with Crippen LogP contribution in [0.2, 0.25) is 0 Å². The van der Waals surface area contributed by atoms with Crippen LogP contribution in [-0.2, 0) is 4.79 Å². The third kappa shape index (κ3) is 2.10. The molecule has 2 fully saturated rings. The van der Waals surface area contributed by atoms with Gasteiger partial charge >= 0.3 is 0 Å². The Bertz CT molecular complexity index is 272. The lowest BCUT2D eigenvalue weighted by atomic mass is 9.72. The Balaban J connectivity index is 1.72. The van der Waals surface area contributed by atoms with Crippen molar-refractivity contribution in [2.75, 3.05) is 32.7 Å². The molecule has 0 unspecified atom stereocenters. The van der Waals surface area contributed by atoms with E-state index < -0.39 is 0 Å². The highest BCUT2D eigenvalue weighted by Crippen LogP contribution is 2.40. The third-order valence-electron chi connectivity index (χ3n) is 3.60. The van der Waals surface area contributed by atoms with Crippen LogP contribution in [0.15, 0.2) is 0 Å². The summed E-state index contributed by atoms with van der Waals surface area (Å²) in [5.41, 5.74) is 0.472. The lowest BCUT2D eigenvalue weighted by Gasteiger charge is -2.61. The summed E-state index contributed by atoms with van der Waals surface area (Å²) >= 11 is 0. The number of rotatable bonds is 3. The first-order chi connectivity index (χ1) is 7.42. The Morgan fingerprint density at radius 3 is 2.12 bits per heavy atom. The molecule has 92 valence electrons. The van der Waals surface area contributed by atoms with E-state index in [-0.39, 0.29) is 5.92 Å². The molecule has 2 heterocycles. The molecule has 16 heavy (non-hydrogen) atoms. The van der Waals surface area contributed by atoms with Crippen LogP contribution in [0.4, 0.5) is 0 Å². The first-order valence-corrected chi connectivity index (χ1v) is 6.43. The SMILES string of the molecule is CC(C)CN1CC2(C1)CN(C(=O)C(C)C)C2. The molecule has 3 nitrogen and oxygen atoms in total. The zero-order valence-electron chi connectivity index (χ0n) is 11.0. The number of hydrogen-bond donors (Lipinski definition) is 0. The number of amides is 1. The molecule has 0 saturated carbocycles. The van der Waals surface area contributed by atoms with Crippen molar-refractivity contribution in [1.29, 1.82) is 0 Å². The topological polar surface area (TPSA) is 23.6 Å². The van der Waals surface area contributed by atoms with Crippen LogP contribution in [0, 0.1) is 17.3 Å². The van der Waals surface area contributed by atoms with Crippen molar-refractivity contribution in [3.63, 3.8) is 0 Å². The second kappa shape index (κ2) is 4.02. The number of hydrogen-bond acceptors (Lipinski definition) is 2. The fourth-order valence-electron chi connectivity index (χ4n) is 3.03. The molecule has 1 amide bonds. The summed E-state index contributed by atoms with van der Waals surface area (Å²) in [7, 11) is 0. The van der Waals surface area contributed by atoms with Crippen molar-refractivity contribution in [2.24, 2.45) is 17.3 Å². The van der Waals surface area contributed by atoms with Gasteiger partial charge in [0.05, 0.1) is 0 Å². The van der Waals surface area contributed by atoms with E-state index in [4.69, 9.17) is 0 Å². The minimum absolute atomic E-state index is 0.157. The Kier molecular flexibility index (Phi) is 2.99. The number of nitrogens with zero attached hydrogens (tertiary/aromatic N) is 2. The van der Waals surface area contributed by atoms with Crippen molar-refractivity contribution in [2.45, 2.75) is 27.7 Å². The maximum Gasteiger partial charge on any atom is 0.225 e. The Labute approximate surface area is 98.8 Å². The van der Waals surface area contributed by atoms with E-state index in [0.29, 0.717) is 11.3 Å². The lowest BCUT2D eigenvalue weighted by Crippen LogP contribution is -2.73. The molecule has 1 spiro atoms. The van der Waals surface area contributed by atoms with Gasteiger partial charge in [-0.05, 0) is 5.92 Å². The largest absolute Gasteiger partial charge is 0.341 e. The molecule has 0 atom stereocenters. The zero-order chi connectivity index (χ0) is 11.9. The van der Waals surface area contributed by atoms with Gasteiger partial charge in [0.2, 0.25) is 5.91 Å². The average Bonchev–Trinajstić information content (AvgIpc) is 2.04. The molecule has 2 aliphatic heterocycles. The van der Waals surface area contributed by atoms with Gasteiger partial charge in [-0.25, -0.2) is 0 Å². The normalized spacial score (nSPS) is 23.8. The van der Waals surface area contributed by atoms with Crippen LogP contribution < -0.4 is 0 Å². The van der Waals surface area contributed by atoms with Gasteiger partial charge in [-0.3, -0.25) is 4.79 Å². The van der Waals surface area contributed by atoms with E-state index in [9.17, 15) is 4.79 Å². The molecule has 0 aliphatic carbocycles. The van der Waals surface area contributed by atoms with Gasteiger partial charge in [0.1, 0.15) is 0 Å². The molecule has 2 aliphatic rings. The zero-order valence-corrected chi connectivity index (χ0v) is 11.0. The van der Waals surface area contributed by atoms with Crippen molar-refractivity contribution in [3.8, 4) is 0 Å². The first-order valence-electron chi connectivity index (χ1n) is 6.43. The summed E-state index contributed by atoms with van der Waals surface area (Å²) in [6.45, 7) is 14.1. The van der Waals surface area contributed by atoms with E-state index >= 15 is 0 Å². The minimum atomic E-state index is 0.157. The maximum absolute atomic E-state index is 11.7. The summed E-state index contributed by atoms with van der Waals surface area (Å²) in [5, 5.41) is 0. The van der Waals surface area contributed by atoms with Crippen LogP contribution in [0.5, 0.6) is 0 Å². The first kappa shape index (κ1) is 11.9. The molecule has 0 aromatic carbocycles. The standard InChI is InChI=1S/C13H24N2O/c1-10(2)5-14-6-13(7-14)8-15(9-13)12(16)11(3)4/h10-11H,5-9H2,1-4H3. The fourth-order valence-corrected chi connectivity index (χ4v) is 3.03. The van der Waals surface area contributed by atoms with E-state index in [1.54, 1.807) is 0 Å². The van der Waals surface area contributed by atoms with Gasteiger partial charge in [0, 0.05) is 44.1 Å². The quantitative estimate of drug-likeness (QED) is 0.724. The van der Waals surface area contributed by atoms with Gasteiger partial charge in [-0.15, -0.1) is 0 Å². The van der Waals surface area contributed by atoms with Gasteiger partial charge in [-0.1, -0.05) is 27.7 Å². The molecule has 0 aromatic heterocycles. The van der Waals surface area contributed by atoms with Crippen molar-refractivity contribution >= 4 is 5.91 Å². The lowest BCUT2D eigenvalue weighted by molar-refractivity contribution is -0.162. The van der Waals surface area contributed by atoms with Crippen molar-refractivity contribution in [1.82, 2.24) is 9.80 Å². The second-order valence-corrected chi connectivity index (χ2v) is 6.41. The fraction of sp³-hybridized carbons (Fsp3) is 0.923. The van der Waals surface area contributed by atoms with Crippen LogP contribution >= 0.6 is 0 Å². The molecule has 0 aromatic rings. The Morgan fingerprint density at radius 1 is 1.12 bits per heavy atom. The summed E-state index contributed by atoms with van der Waals surface area (Å²) in [5.74, 6) is 1.24. The van der Waals surface area contributed by atoms with E-state index in [1.807, 2.05) is 18.7 Å². The highest BCUT2D eigenvalue weighted by Gasteiger charge is 2.52. The van der Waals surface area contributed by atoms with E-state index in [1.165, 1.54) is 19.6 Å². The number of likely N-dealkylation sites (tertiary alicyclic amines) is 2. The van der Waals surface area contributed by atoms with Crippen LogP contribution in [0.3, 0.4) is 0 Å². The average molecular weight is 224 g/mol. The van der Waals surface area contributed by atoms with Gasteiger partial charge in [0.25, 0.3) is 0 Å².